The van der Waals surface area contributed by atoms with E-state index in [4.69, 9.17) is 9.47 Å². The highest BCUT2D eigenvalue weighted by molar-refractivity contribution is 7.89. The van der Waals surface area contributed by atoms with Gasteiger partial charge in [0.05, 0.1) is 36.5 Å². The van der Waals surface area contributed by atoms with Crippen molar-refractivity contribution in [2.24, 2.45) is 5.92 Å². The SMILES string of the molecule is COc1ccc(S(=O)(=O)N2CCC(Cn3cnc4ccccc43)CC2)cc1OC. The molecule has 1 aliphatic rings. The molecule has 0 N–H and O–H groups in total. The average Bonchev–Trinajstić information content (AvgIpc) is 3.16. The van der Waals surface area contributed by atoms with E-state index < -0.39 is 10.0 Å². The molecule has 154 valence electrons. The predicted molar refractivity (Wildman–Crippen MR) is 111 cm³/mol. The third kappa shape index (κ3) is 3.82. The molecule has 0 bridgehead atoms. The Morgan fingerprint density at radius 1 is 1.03 bits per heavy atom. The molecule has 0 amide bonds. The minimum Gasteiger partial charge on any atom is -0.493 e. The van der Waals surface area contributed by atoms with Gasteiger partial charge in [0.15, 0.2) is 11.5 Å². The first-order valence-electron chi connectivity index (χ1n) is 9.65. The van der Waals surface area contributed by atoms with Crippen LogP contribution in [0.2, 0.25) is 0 Å². The van der Waals surface area contributed by atoms with Crippen molar-refractivity contribution in [1.82, 2.24) is 13.9 Å². The first kappa shape index (κ1) is 19.7. The molecule has 3 aromatic rings. The van der Waals surface area contributed by atoms with Crippen molar-refractivity contribution in [3.63, 3.8) is 0 Å². The first-order chi connectivity index (χ1) is 14.0. The molecular formula is C21H25N3O4S. The first-order valence-corrected chi connectivity index (χ1v) is 11.1. The number of para-hydroxylation sites is 2. The van der Waals surface area contributed by atoms with Crippen molar-refractivity contribution >= 4 is 21.1 Å². The van der Waals surface area contributed by atoms with Crippen LogP contribution in [0.1, 0.15) is 12.8 Å². The Morgan fingerprint density at radius 3 is 2.48 bits per heavy atom. The molecule has 0 unspecified atom stereocenters. The fraction of sp³-hybridized carbons (Fsp3) is 0.381. The van der Waals surface area contributed by atoms with Gasteiger partial charge >= 0.3 is 0 Å². The van der Waals surface area contributed by atoms with Gasteiger partial charge < -0.3 is 14.0 Å². The maximum atomic E-state index is 13.1. The Morgan fingerprint density at radius 2 is 1.76 bits per heavy atom. The van der Waals surface area contributed by atoms with Crippen molar-refractivity contribution in [3.8, 4) is 11.5 Å². The topological polar surface area (TPSA) is 73.7 Å². The Bertz CT molecular complexity index is 1100. The monoisotopic (exact) mass is 415 g/mol. The van der Waals surface area contributed by atoms with E-state index in [1.165, 1.54) is 20.3 Å². The number of piperidine rings is 1. The Balaban J connectivity index is 1.45. The number of sulfonamides is 1. The number of imidazole rings is 1. The summed E-state index contributed by atoms with van der Waals surface area (Å²) in [5.74, 6) is 1.35. The summed E-state index contributed by atoms with van der Waals surface area (Å²) in [6.07, 6.45) is 3.51. The maximum absolute atomic E-state index is 13.1. The zero-order valence-electron chi connectivity index (χ0n) is 16.6. The van der Waals surface area contributed by atoms with Crippen molar-refractivity contribution in [3.05, 3.63) is 48.8 Å². The third-order valence-electron chi connectivity index (χ3n) is 5.55. The van der Waals surface area contributed by atoms with Crippen molar-refractivity contribution in [2.75, 3.05) is 27.3 Å². The highest BCUT2D eigenvalue weighted by atomic mass is 32.2. The summed E-state index contributed by atoms with van der Waals surface area (Å²) in [4.78, 5) is 4.67. The van der Waals surface area contributed by atoms with E-state index in [9.17, 15) is 8.42 Å². The number of methoxy groups -OCH3 is 2. The summed E-state index contributed by atoms with van der Waals surface area (Å²) in [6.45, 7) is 1.87. The fourth-order valence-corrected chi connectivity index (χ4v) is 5.38. The van der Waals surface area contributed by atoms with Crippen LogP contribution in [0, 0.1) is 5.92 Å². The molecule has 7 nitrogen and oxygen atoms in total. The van der Waals surface area contributed by atoms with Gasteiger partial charge in [0, 0.05) is 25.7 Å². The van der Waals surface area contributed by atoms with Gasteiger partial charge in [-0.1, -0.05) is 12.1 Å². The van der Waals surface area contributed by atoms with E-state index in [0.29, 0.717) is 30.5 Å². The number of ether oxygens (including phenoxy) is 2. The van der Waals surface area contributed by atoms with E-state index in [0.717, 1.165) is 30.4 Å². The number of benzene rings is 2. The van der Waals surface area contributed by atoms with Crippen molar-refractivity contribution < 1.29 is 17.9 Å². The lowest BCUT2D eigenvalue weighted by Crippen LogP contribution is -2.39. The van der Waals surface area contributed by atoms with E-state index in [1.807, 2.05) is 24.5 Å². The van der Waals surface area contributed by atoms with E-state index >= 15 is 0 Å². The zero-order chi connectivity index (χ0) is 20.4. The molecule has 8 heteroatoms. The van der Waals surface area contributed by atoms with Crippen molar-refractivity contribution in [1.29, 1.82) is 0 Å². The van der Waals surface area contributed by atoms with Crippen molar-refractivity contribution in [2.45, 2.75) is 24.3 Å². The summed E-state index contributed by atoms with van der Waals surface area (Å²) < 4.78 is 40.3. The lowest BCUT2D eigenvalue weighted by atomic mass is 9.98. The molecule has 2 aromatic carbocycles. The van der Waals surface area contributed by atoms with Gasteiger partial charge in [0.1, 0.15) is 0 Å². The van der Waals surface area contributed by atoms with Crippen LogP contribution in [0.3, 0.4) is 0 Å². The fourth-order valence-electron chi connectivity index (χ4n) is 3.89. The maximum Gasteiger partial charge on any atom is 0.243 e. The largest absolute Gasteiger partial charge is 0.493 e. The summed E-state index contributed by atoms with van der Waals surface area (Å²) in [5.41, 5.74) is 2.11. The van der Waals surface area contributed by atoms with Gasteiger partial charge in [-0.2, -0.15) is 4.31 Å². The summed E-state index contributed by atoms with van der Waals surface area (Å²) in [5, 5.41) is 0. The standard InChI is InChI=1S/C21H25N3O4S/c1-27-20-8-7-17(13-21(20)28-2)29(25,26)24-11-9-16(10-12-24)14-23-15-22-18-5-3-4-6-19(18)23/h3-8,13,15-16H,9-12,14H2,1-2H3. The average molecular weight is 416 g/mol. The number of aromatic nitrogens is 2. The molecular weight excluding hydrogens is 390 g/mol. The quantitative estimate of drug-likeness (QED) is 0.618. The van der Waals surface area contributed by atoms with Crippen LogP contribution < -0.4 is 9.47 Å². The van der Waals surface area contributed by atoms with E-state index in [1.54, 1.807) is 16.4 Å². The van der Waals surface area contributed by atoms with Crippen LogP contribution in [0.15, 0.2) is 53.7 Å². The van der Waals surface area contributed by atoms with Crippen LogP contribution in [0.25, 0.3) is 11.0 Å². The molecule has 4 rings (SSSR count). The molecule has 1 aliphatic heterocycles. The van der Waals surface area contributed by atoms with Crippen LogP contribution >= 0.6 is 0 Å². The van der Waals surface area contributed by atoms with Gasteiger partial charge in [-0.3, -0.25) is 0 Å². The number of hydrogen-bond donors (Lipinski definition) is 0. The highest BCUT2D eigenvalue weighted by Crippen LogP contribution is 2.32. The van der Waals surface area contributed by atoms with Crippen LogP contribution in [0.5, 0.6) is 11.5 Å². The number of hydrogen-bond acceptors (Lipinski definition) is 5. The van der Waals surface area contributed by atoms with Gasteiger partial charge in [-0.05, 0) is 43.0 Å². The molecule has 0 radical (unpaired) electrons. The second kappa shape index (κ2) is 8.04. The zero-order valence-corrected chi connectivity index (χ0v) is 17.4. The molecule has 1 fully saturated rings. The highest BCUT2D eigenvalue weighted by Gasteiger charge is 2.30. The van der Waals surface area contributed by atoms with Gasteiger partial charge in [0.25, 0.3) is 0 Å². The Labute approximate surface area is 170 Å². The second-order valence-corrected chi connectivity index (χ2v) is 9.19. The second-order valence-electron chi connectivity index (χ2n) is 7.25. The number of nitrogens with zero attached hydrogens (tertiary/aromatic N) is 3. The van der Waals surface area contributed by atoms with Crippen LogP contribution in [-0.4, -0.2) is 49.6 Å². The van der Waals surface area contributed by atoms with Gasteiger partial charge in [-0.25, -0.2) is 13.4 Å². The third-order valence-corrected chi connectivity index (χ3v) is 7.44. The lowest BCUT2D eigenvalue weighted by molar-refractivity contribution is 0.254. The molecule has 1 saturated heterocycles. The van der Waals surface area contributed by atoms with Crippen LogP contribution in [0.4, 0.5) is 0 Å². The normalized spacial score (nSPS) is 16.2. The lowest BCUT2D eigenvalue weighted by Gasteiger charge is -2.31. The summed E-state index contributed by atoms with van der Waals surface area (Å²) in [6, 6.07) is 12.8. The molecule has 0 spiro atoms. The van der Waals surface area contributed by atoms with Gasteiger partial charge in [0.2, 0.25) is 10.0 Å². The molecule has 29 heavy (non-hydrogen) atoms. The minimum atomic E-state index is -3.56. The number of rotatable bonds is 6. The van der Waals surface area contributed by atoms with Gasteiger partial charge in [-0.15, -0.1) is 0 Å². The van der Waals surface area contributed by atoms with E-state index in [2.05, 4.69) is 15.6 Å². The molecule has 1 aromatic heterocycles. The smallest absolute Gasteiger partial charge is 0.243 e. The number of fused-ring (bicyclic) bond motifs is 1. The van der Waals surface area contributed by atoms with Crippen LogP contribution in [-0.2, 0) is 16.6 Å². The molecule has 2 heterocycles. The predicted octanol–water partition coefficient (Wildman–Crippen LogP) is 3.15. The van der Waals surface area contributed by atoms with E-state index in [-0.39, 0.29) is 4.90 Å². The molecule has 0 aliphatic carbocycles. The molecule has 0 saturated carbocycles. The Hall–Kier alpha value is -2.58. The summed E-state index contributed by atoms with van der Waals surface area (Å²) >= 11 is 0. The summed E-state index contributed by atoms with van der Waals surface area (Å²) in [7, 11) is -0.533. The Kier molecular flexibility index (Phi) is 5.47. The molecule has 0 atom stereocenters. The minimum absolute atomic E-state index is 0.231.